The number of hydrogen-bond acceptors (Lipinski definition) is 8. The molecule has 12 atom stereocenters. The van der Waals surface area contributed by atoms with Crippen LogP contribution in [0.5, 0.6) is 11.5 Å². The monoisotopic (exact) mass is 918 g/mol. The molecule has 9 aliphatic rings. The molecular formula is C40H45Br3N2O8. The second-order valence-electron chi connectivity index (χ2n) is 16.5. The Morgan fingerprint density at radius 2 is 1.32 bits per heavy atom. The Labute approximate surface area is 334 Å². The first kappa shape index (κ1) is 35.4. The van der Waals surface area contributed by atoms with E-state index in [2.05, 4.69) is 73.8 Å². The lowest BCUT2D eigenvalue weighted by molar-refractivity contribution is -0.0953. The lowest BCUT2D eigenvalue weighted by atomic mass is 9.51. The topological polar surface area (TPSA) is 110 Å². The number of halogens is 3. The number of rotatable bonds is 2. The molecule has 2 saturated carbocycles. The van der Waals surface area contributed by atoms with E-state index in [1.165, 1.54) is 27.8 Å². The second kappa shape index (κ2) is 12.2. The smallest absolute Gasteiger partial charge is 0.410 e. The molecule has 4 bridgehead atoms. The van der Waals surface area contributed by atoms with Crippen LogP contribution >= 0.6 is 47.8 Å². The highest BCUT2D eigenvalue weighted by Crippen LogP contribution is 2.67. The third kappa shape index (κ3) is 4.60. The molecule has 4 aliphatic carbocycles. The second-order valence-corrected chi connectivity index (χ2v) is 19.4. The van der Waals surface area contributed by atoms with Crippen LogP contribution in [-0.2, 0) is 37.9 Å². The number of piperidine rings is 2. The molecule has 10 nitrogen and oxygen atoms in total. The molecule has 5 heterocycles. The van der Waals surface area contributed by atoms with E-state index in [4.69, 9.17) is 23.7 Å². The first-order chi connectivity index (χ1) is 25.5. The average molecular weight is 922 g/mol. The van der Waals surface area contributed by atoms with Crippen molar-refractivity contribution in [1.29, 1.82) is 0 Å². The summed E-state index contributed by atoms with van der Waals surface area (Å²) in [5.74, 6) is 2.66. The highest BCUT2D eigenvalue weighted by atomic mass is 79.9. The number of aryl methyl sites for hydroxylation is 2. The first-order valence-corrected chi connectivity index (χ1v) is 21.8. The van der Waals surface area contributed by atoms with Gasteiger partial charge >= 0.3 is 12.2 Å². The zero-order valence-corrected chi connectivity index (χ0v) is 35.1. The van der Waals surface area contributed by atoms with Gasteiger partial charge in [-0.15, -0.1) is 0 Å². The third-order valence-corrected chi connectivity index (χ3v) is 16.8. The predicted molar refractivity (Wildman–Crippen MR) is 205 cm³/mol. The average Bonchev–Trinajstić information content (AvgIpc) is 3.69. The van der Waals surface area contributed by atoms with Crippen molar-refractivity contribution in [1.82, 2.24) is 9.80 Å². The van der Waals surface area contributed by atoms with Crippen LogP contribution in [-0.4, -0.2) is 101 Å². The van der Waals surface area contributed by atoms with Gasteiger partial charge in [-0.1, -0.05) is 47.8 Å². The van der Waals surface area contributed by atoms with Gasteiger partial charge < -0.3 is 38.6 Å². The minimum Gasteiger partial charge on any atom is -0.486 e. The number of aliphatic hydroxyl groups excluding tert-OH is 1. The fourth-order valence-electron chi connectivity index (χ4n) is 12.5. The molecule has 0 radical (unpaired) electrons. The molecule has 2 spiro atoms. The molecule has 0 aromatic heterocycles. The maximum absolute atomic E-state index is 12.7. The standard InChI is InChI=1S/C20H23Br2NO4.C20H22BrNO4/c1-3-26-19(25)23-5-4-20-11-8-13(22)16(24)18(20)27-17-9(2)6-12(21)10(15(17)20)7-14(11)23;1-3-24-19(23)22-5-4-20-11-8-14-17(25-14)18(20)26-16-9(2)6-12(21)10(15(16)20)7-13(11)22/h6,11,13-14,16,18,24H,3-5,7-8H2,1-2H3;6,11,13-14,17-18H,3-5,7-8H2,1-2H3/t11-,13+,14+,16-,18-,20-;11-,13+,14-,17?,18-,20-/m00/s1. The van der Waals surface area contributed by atoms with Gasteiger partial charge in [-0.3, -0.25) is 0 Å². The van der Waals surface area contributed by atoms with Crippen LogP contribution < -0.4 is 9.47 Å². The largest absolute Gasteiger partial charge is 0.486 e. The normalized spacial score (nSPS) is 39.3. The van der Waals surface area contributed by atoms with Gasteiger partial charge in [-0.2, -0.15) is 0 Å². The van der Waals surface area contributed by atoms with Crippen LogP contribution in [0.2, 0.25) is 0 Å². The summed E-state index contributed by atoms with van der Waals surface area (Å²) in [6.45, 7) is 10.1. The number of epoxide rings is 1. The number of alkyl halides is 1. The Morgan fingerprint density at radius 3 is 1.85 bits per heavy atom. The Bertz CT molecular complexity index is 1950. The van der Waals surface area contributed by atoms with Gasteiger partial charge in [-0.25, -0.2) is 9.59 Å². The molecule has 53 heavy (non-hydrogen) atoms. The zero-order valence-electron chi connectivity index (χ0n) is 30.3. The number of fused-ring (bicyclic) bond motifs is 2. The summed E-state index contributed by atoms with van der Waals surface area (Å²) >= 11 is 11.2. The van der Waals surface area contributed by atoms with Crippen molar-refractivity contribution < 1.29 is 38.4 Å². The molecule has 3 saturated heterocycles. The molecule has 5 aliphatic heterocycles. The van der Waals surface area contributed by atoms with Crippen LogP contribution in [0.3, 0.4) is 0 Å². The van der Waals surface area contributed by atoms with E-state index < -0.39 is 6.10 Å². The first-order valence-electron chi connectivity index (χ1n) is 19.3. The van der Waals surface area contributed by atoms with E-state index in [0.29, 0.717) is 31.8 Å². The molecule has 2 amide bonds. The Morgan fingerprint density at radius 1 is 0.830 bits per heavy atom. The van der Waals surface area contributed by atoms with Crippen molar-refractivity contribution in [3.05, 3.63) is 54.5 Å². The maximum atomic E-state index is 12.7. The Hall–Kier alpha value is -2.06. The van der Waals surface area contributed by atoms with Gasteiger partial charge in [0.05, 0.1) is 19.3 Å². The van der Waals surface area contributed by atoms with Gasteiger partial charge in [-0.05, 0) is 112 Å². The van der Waals surface area contributed by atoms with E-state index >= 15 is 0 Å². The predicted octanol–water partition coefficient (Wildman–Crippen LogP) is 7.02. The van der Waals surface area contributed by atoms with Crippen molar-refractivity contribution >= 4 is 60.0 Å². The molecule has 2 aromatic carbocycles. The number of nitrogens with zero attached hydrogens (tertiary/aromatic N) is 2. The van der Waals surface area contributed by atoms with Crippen LogP contribution in [0.15, 0.2) is 21.1 Å². The lowest BCUT2D eigenvalue weighted by Crippen LogP contribution is -2.69. The van der Waals surface area contributed by atoms with Crippen molar-refractivity contribution in [2.75, 3.05) is 26.3 Å². The number of aliphatic hydroxyl groups is 1. The molecule has 1 unspecified atom stereocenters. The zero-order chi connectivity index (χ0) is 36.9. The molecule has 5 fully saturated rings. The number of amides is 2. The molecule has 13 heteroatoms. The van der Waals surface area contributed by atoms with Gasteiger partial charge in [0.25, 0.3) is 0 Å². The van der Waals surface area contributed by atoms with Crippen molar-refractivity contribution in [2.24, 2.45) is 11.8 Å². The van der Waals surface area contributed by atoms with Crippen molar-refractivity contribution in [3.63, 3.8) is 0 Å². The minimum absolute atomic E-state index is 0.0111. The van der Waals surface area contributed by atoms with Crippen LogP contribution in [0.1, 0.15) is 72.9 Å². The number of carbonyl (C=O) groups excluding carboxylic acids is 2. The van der Waals surface area contributed by atoms with Gasteiger partial charge in [0.15, 0.2) is 0 Å². The van der Waals surface area contributed by atoms with E-state index in [1.807, 2.05) is 23.6 Å². The molecule has 284 valence electrons. The van der Waals surface area contributed by atoms with Crippen LogP contribution in [0.4, 0.5) is 9.59 Å². The summed E-state index contributed by atoms with van der Waals surface area (Å²) in [5, 5.41) is 11.0. The van der Waals surface area contributed by atoms with Crippen molar-refractivity contribution in [2.45, 2.75) is 124 Å². The summed E-state index contributed by atoms with van der Waals surface area (Å²) in [5.41, 5.74) is 7.30. The highest BCUT2D eigenvalue weighted by Gasteiger charge is 2.73. The Kier molecular flexibility index (Phi) is 8.15. The van der Waals surface area contributed by atoms with E-state index in [0.717, 1.165) is 71.1 Å². The molecule has 2 aromatic rings. The highest BCUT2D eigenvalue weighted by molar-refractivity contribution is 9.11. The van der Waals surface area contributed by atoms with Crippen LogP contribution in [0, 0.1) is 25.7 Å². The fraction of sp³-hybridized carbons (Fsp3) is 0.650. The number of likely N-dealkylation sites (tertiary alicyclic amines) is 2. The minimum atomic E-state index is -0.562. The summed E-state index contributed by atoms with van der Waals surface area (Å²) in [6, 6.07) is 4.49. The van der Waals surface area contributed by atoms with Crippen LogP contribution in [0.25, 0.3) is 0 Å². The van der Waals surface area contributed by atoms with E-state index in [1.54, 1.807) is 0 Å². The molecule has 1 N–H and O–H groups in total. The Balaban J connectivity index is 0.000000132. The summed E-state index contributed by atoms with van der Waals surface area (Å²) in [6.07, 6.45) is 4.61. The third-order valence-electron chi connectivity index (χ3n) is 14.5. The molecule has 11 rings (SSSR count). The van der Waals surface area contributed by atoms with E-state index in [-0.39, 0.29) is 64.2 Å². The summed E-state index contributed by atoms with van der Waals surface area (Å²) < 4.78 is 32.0. The summed E-state index contributed by atoms with van der Waals surface area (Å²) in [7, 11) is 0. The molecular weight excluding hydrogens is 876 g/mol. The van der Waals surface area contributed by atoms with Crippen molar-refractivity contribution in [3.8, 4) is 11.5 Å². The number of benzene rings is 2. The maximum Gasteiger partial charge on any atom is 0.410 e. The van der Waals surface area contributed by atoms with Gasteiger partial charge in [0.2, 0.25) is 0 Å². The summed E-state index contributed by atoms with van der Waals surface area (Å²) in [4.78, 5) is 29.2. The van der Waals surface area contributed by atoms with E-state index in [9.17, 15) is 14.7 Å². The quantitative estimate of drug-likeness (QED) is 0.253. The fourth-order valence-corrected chi connectivity index (χ4v) is 14.6. The SMILES string of the molecule is CCOC(=O)N1CC[C@]23c4c5c(Br)cc(C)c4O[C@H]2C2O[C@H]2C[C@H]3[C@H]1C5.CCOC(=O)N1CC[C@]23c4c5c(Br)cc(C)c4O[C@H]2[C@@H](O)[C@H](Br)C[C@H]3[C@H]1C5. The van der Waals surface area contributed by atoms with Gasteiger partial charge in [0.1, 0.15) is 35.9 Å². The number of carbonyl (C=O) groups is 2. The number of hydrogen-bond donors (Lipinski definition) is 1. The lowest BCUT2D eigenvalue weighted by Gasteiger charge is -2.59. The number of ether oxygens (including phenoxy) is 5. The van der Waals surface area contributed by atoms with Gasteiger partial charge in [0, 0.05) is 60.9 Å².